The lowest BCUT2D eigenvalue weighted by Gasteiger charge is -2.19. The fourth-order valence-corrected chi connectivity index (χ4v) is 2.63. The second-order valence-electron chi connectivity index (χ2n) is 5.62. The Morgan fingerprint density at radius 3 is 2.46 bits per heavy atom. The predicted octanol–water partition coefficient (Wildman–Crippen LogP) is 4.76. The lowest BCUT2D eigenvalue weighted by atomic mass is 10.1. The minimum Gasteiger partial charge on any atom is -0.495 e. The molecular weight excluding hydrogens is 326 g/mol. The Kier molecular flexibility index (Phi) is 6.10. The first-order chi connectivity index (χ1) is 11.4. The molecule has 0 aliphatic rings. The van der Waals surface area contributed by atoms with Gasteiger partial charge in [-0.2, -0.15) is 0 Å². The highest BCUT2D eigenvalue weighted by atomic mass is 35.5. The summed E-state index contributed by atoms with van der Waals surface area (Å²) in [5.74, 6) is 1.07. The van der Waals surface area contributed by atoms with Gasteiger partial charge in [0.25, 0.3) is 5.91 Å². The molecule has 0 heterocycles. The second-order valence-corrected chi connectivity index (χ2v) is 6.03. The Morgan fingerprint density at radius 1 is 1.17 bits per heavy atom. The van der Waals surface area contributed by atoms with E-state index in [0.717, 1.165) is 16.9 Å². The van der Waals surface area contributed by atoms with Crippen LogP contribution in [0.15, 0.2) is 36.4 Å². The average Bonchev–Trinajstić information content (AvgIpc) is 2.54. The molecule has 0 bridgehead atoms. The zero-order valence-corrected chi connectivity index (χ0v) is 15.1. The van der Waals surface area contributed by atoms with Crippen LogP contribution in [-0.4, -0.2) is 19.1 Å². The van der Waals surface area contributed by atoms with Crippen molar-refractivity contribution in [3.05, 3.63) is 52.5 Å². The van der Waals surface area contributed by atoms with Gasteiger partial charge in [-0.1, -0.05) is 36.2 Å². The third kappa shape index (κ3) is 4.42. The minimum atomic E-state index is -0.577. The summed E-state index contributed by atoms with van der Waals surface area (Å²) in [6.07, 6.45) is -0.0180. The Hall–Kier alpha value is -2.20. The summed E-state index contributed by atoms with van der Waals surface area (Å²) in [6, 6.07) is 11.0. The van der Waals surface area contributed by atoms with Gasteiger partial charge in [-0.15, -0.1) is 0 Å². The topological polar surface area (TPSA) is 47.6 Å². The number of methoxy groups -OCH3 is 1. The van der Waals surface area contributed by atoms with Gasteiger partial charge in [-0.25, -0.2) is 0 Å². The molecule has 2 aromatic carbocycles. The molecule has 0 radical (unpaired) electrons. The third-order valence-electron chi connectivity index (χ3n) is 3.68. The summed E-state index contributed by atoms with van der Waals surface area (Å²) in [6.45, 7) is 5.90. The van der Waals surface area contributed by atoms with Crippen LogP contribution in [0.5, 0.6) is 11.5 Å². The predicted molar refractivity (Wildman–Crippen MR) is 97.3 cm³/mol. The van der Waals surface area contributed by atoms with Crippen molar-refractivity contribution in [1.82, 2.24) is 0 Å². The number of halogens is 1. The first kappa shape index (κ1) is 18.1. The van der Waals surface area contributed by atoms with Gasteiger partial charge in [0.15, 0.2) is 6.10 Å². The van der Waals surface area contributed by atoms with Crippen molar-refractivity contribution in [3.8, 4) is 11.5 Å². The lowest BCUT2D eigenvalue weighted by Crippen LogP contribution is -2.32. The van der Waals surface area contributed by atoms with E-state index in [0.29, 0.717) is 22.9 Å². The fraction of sp³-hybridized carbons (Fsp3) is 0.316. The number of aryl methyl sites for hydroxylation is 2. The standard InChI is InChI=1S/C19H22ClNO3/c1-5-16(24-17-8-6-12(2)10-13(17)3)19(22)21-14-7-9-18(23-4)15(20)11-14/h6-11,16H,5H2,1-4H3,(H,21,22). The van der Waals surface area contributed by atoms with Crippen LogP contribution in [0.2, 0.25) is 5.02 Å². The number of carbonyl (C=O) groups excluding carboxylic acids is 1. The molecule has 0 aliphatic heterocycles. The van der Waals surface area contributed by atoms with Crippen molar-refractivity contribution in [2.24, 2.45) is 0 Å². The molecule has 5 heteroatoms. The van der Waals surface area contributed by atoms with Crippen molar-refractivity contribution in [1.29, 1.82) is 0 Å². The Labute approximate surface area is 147 Å². The van der Waals surface area contributed by atoms with E-state index in [1.54, 1.807) is 25.3 Å². The highest BCUT2D eigenvalue weighted by Crippen LogP contribution is 2.27. The van der Waals surface area contributed by atoms with Gasteiger partial charge in [-0.3, -0.25) is 4.79 Å². The number of rotatable bonds is 6. The van der Waals surface area contributed by atoms with E-state index in [1.165, 1.54) is 0 Å². The molecule has 0 fully saturated rings. The van der Waals surface area contributed by atoms with Gasteiger partial charge in [0, 0.05) is 5.69 Å². The van der Waals surface area contributed by atoms with E-state index in [4.69, 9.17) is 21.1 Å². The summed E-state index contributed by atoms with van der Waals surface area (Å²) in [5.41, 5.74) is 2.77. The van der Waals surface area contributed by atoms with Crippen LogP contribution in [-0.2, 0) is 4.79 Å². The zero-order valence-electron chi connectivity index (χ0n) is 14.4. The first-order valence-corrected chi connectivity index (χ1v) is 8.20. The molecule has 1 unspecified atom stereocenters. The van der Waals surface area contributed by atoms with Crippen LogP contribution in [0.25, 0.3) is 0 Å². The van der Waals surface area contributed by atoms with Crippen molar-refractivity contribution in [2.45, 2.75) is 33.3 Å². The summed E-state index contributed by atoms with van der Waals surface area (Å²) < 4.78 is 11.0. The van der Waals surface area contributed by atoms with Crippen LogP contribution in [0, 0.1) is 13.8 Å². The smallest absolute Gasteiger partial charge is 0.265 e. The molecule has 1 N–H and O–H groups in total. The third-order valence-corrected chi connectivity index (χ3v) is 3.98. The van der Waals surface area contributed by atoms with Crippen molar-refractivity contribution in [3.63, 3.8) is 0 Å². The van der Waals surface area contributed by atoms with Crippen LogP contribution in [0.1, 0.15) is 24.5 Å². The maximum atomic E-state index is 12.5. The Bertz CT molecular complexity index is 731. The largest absolute Gasteiger partial charge is 0.495 e. The Morgan fingerprint density at radius 2 is 1.88 bits per heavy atom. The van der Waals surface area contributed by atoms with E-state index >= 15 is 0 Å². The van der Waals surface area contributed by atoms with Crippen LogP contribution < -0.4 is 14.8 Å². The lowest BCUT2D eigenvalue weighted by molar-refractivity contribution is -0.122. The molecule has 1 amide bonds. The number of hydrogen-bond acceptors (Lipinski definition) is 3. The van der Waals surface area contributed by atoms with Gasteiger partial charge in [-0.05, 0) is 50.1 Å². The van der Waals surface area contributed by atoms with E-state index in [9.17, 15) is 4.79 Å². The van der Waals surface area contributed by atoms with E-state index in [1.807, 2.05) is 39.0 Å². The number of anilines is 1. The van der Waals surface area contributed by atoms with Gasteiger partial charge in [0.2, 0.25) is 0 Å². The van der Waals surface area contributed by atoms with Gasteiger partial charge in [0.05, 0.1) is 12.1 Å². The van der Waals surface area contributed by atoms with Crippen LogP contribution in [0.3, 0.4) is 0 Å². The molecule has 0 aliphatic carbocycles. The summed E-state index contributed by atoms with van der Waals surface area (Å²) in [7, 11) is 1.55. The van der Waals surface area contributed by atoms with E-state index in [-0.39, 0.29) is 5.91 Å². The second kappa shape index (κ2) is 8.06. The maximum absolute atomic E-state index is 12.5. The molecule has 24 heavy (non-hydrogen) atoms. The molecule has 4 nitrogen and oxygen atoms in total. The molecule has 0 saturated heterocycles. The molecule has 0 saturated carbocycles. The maximum Gasteiger partial charge on any atom is 0.265 e. The summed E-state index contributed by atoms with van der Waals surface area (Å²) in [4.78, 5) is 12.5. The van der Waals surface area contributed by atoms with E-state index in [2.05, 4.69) is 5.32 Å². The molecule has 0 spiro atoms. The molecule has 2 aromatic rings. The quantitative estimate of drug-likeness (QED) is 0.819. The van der Waals surface area contributed by atoms with E-state index < -0.39 is 6.10 Å². The number of benzene rings is 2. The normalized spacial score (nSPS) is 11.7. The molecule has 0 aromatic heterocycles. The van der Waals surface area contributed by atoms with Crippen molar-refractivity contribution in [2.75, 3.05) is 12.4 Å². The van der Waals surface area contributed by atoms with Crippen LogP contribution in [0.4, 0.5) is 5.69 Å². The summed E-state index contributed by atoms with van der Waals surface area (Å²) >= 11 is 6.08. The monoisotopic (exact) mass is 347 g/mol. The number of carbonyl (C=O) groups is 1. The average molecular weight is 348 g/mol. The number of hydrogen-bond donors (Lipinski definition) is 1. The van der Waals surface area contributed by atoms with Crippen molar-refractivity contribution < 1.29 is 14.3 Å². The van der Waals surface area contributed by atoms with Gasteiger partial charge < -0.3 is 14.8 Å². The Balaban J connectivity index is 2.09. The highest BCUT2D eigenvalue weighted by Gasteiger charge is 2.19. The first-order valence-electron chi connectivity index (χ1n) is 7.83. The summed E-state index contributed by atoms with van der Waals surface area (Å²) in [5, 5.41) is 3.28. The molecule has 128 valence electrons. The van der Waals surface area contributed by atoms with Gasteiger partial charge in [0.1, 0.15) is 11.5 Å². The SMILES string of the molecule is CCC(Oc1ccc(C)cc1C)C(=O)Nc1ccc(OC)c(Cl)c1. The molecule has 2 rings (SSSR count). The zero-order chi connectivity index (χ0) is 17.7. The fourth-order valence-electron chi connectivity index (χ4n) is 2.37. The number of amides is 1. The highest BCUT2D eigenvalue weighted by molar-refractivity contribution is 6.32. The van der Waals surface area contributed by atoms with Gasteiger partial charge >= 0.3 is 0 Å². The number of nitrogens with one attached hydrogen (secondary N) is 1. The van der Waals surface area contributed by atoms with Crippen molar-refractivity contribution >= 4 is 23.2 Å². The van der Waals surface area contributed by atoms with Crippen LogP contribution >= 0.6 is 11.6 Å². The molecule has 1 atom stereocenters. The minimum absolute atomic E-state index is 0.210. The molecular formula is C19H22ClNO3. The number of ether oxygens (including phenoxy) is 2.